The van der Waals surface area contributed by atoms with Crippen LogP contribution >= 0.6 is 0 Å². The molecular weight excluding hydrogens is 180 g/mol. The number of aryl methyl sites for hydroxylation is 2. The molecule has 0 bridgehead atoms. The number of aromatic nitrogens is 4. The Bertz CT molecular complexity index is 418. The summed E-state index contributed by atoms with van der Waals surface area (Å²) >= 11 is 0. The molecule has 2 aromatic heterocycles. The van der Waals surface area contributed by atoms with Crippen molar-refractivity contribution in [3.05, 3.63) is 17.7 Å². The first-order valence-corrected chi connectivity index (χ1v) is 4.64. The van der Waals surface area contributed by atoms with Gasteiger partial charge in [0.1, 0.15) is 11.6 Å². The number of H-pyrrole nitrogens is 1. The predicted octanol–water partition coefficient (Wildman–Crippen LogP) is 1.72. The van der Waals surface area contributed by atoms with Gasteiger partial charge in [-0.3, -0.25) is 5.10 Å². The van der Waals surface area contributed by atoms with Crippen LogP contribution in [0.25, 0.3) is 11.5 Å². The Morgan fingerprint density at radius 1 is 1.50 bits per heavy atom. The summed E-state index contributed by atoms with van der Waals surface area (Å²) in [5.41, 5.74) is 0.682. The molecule has 0 spiro atoms. The second-order valence-electron chi connectivity index (χ2n) is 3.18. The maximum absolute atomic E-state index is 4.94. The standard InChI is InChI=1S/C9H12N4O/c1-3-4-8-10-9(12-11-8)7-5-6(2)14-13-7/h5H,3-4H2,1-2H3,(H,10,11,12). The third kappa shape index (κ3) is 1.66. The summed E-state index contributed by atoms with van der Waals surface area (Å²) in [5.74, 6) is 2.26. The highest BCUT2D eigenvalue weighted by atomic mass is 16.5. The maximum atomic E-state index is 4.94. The minimum Gasteiger partial charge on any atom is -0.361 e. The zero-order valence-electron chi connectivity index (χ0n) is 8.24. The van der Waals surface area contributed by atoms with Gasteiger partial charge in [0, 0.05) is 12.5 Å². The largest absolute Gasteiger partial charge is 0.361 e. The lowest BCUT2D eigenvalue weighted by molar-refractivity contribution is 0.399. The Morgan fingerprint density at radius 3 is 3.00 bits per heavy atom. The van der Waals surface area contributed by atoms with Gasteiger partial charge in [0.2, 0.25) is 5.82 Å². The minimum absolute atomic E-state index is 0.602. The van der Waals surface area contributed by atoms with Gasteiger partial charge in [-0.25, -0.2) is 4.98 Å². The summed E-state index contributed by atoms with van der Waals surface area (Å²) in [6.45, 7) is 3.94. The Labute approximate surface area is 81.5 Å². The highest BCUT2D eigenvalue weighted by molar-refractivity contribution is 5.47. The molecular formula is C9H12N4O. The van der Waals surface area contributed by atoms with Gasteiger partial charge >= 0.3 is 0 Å². The first kappa shape index (κ1) is 8.93. The number of nitrogens with zero attached hydrogens (tertiary/aromatic N) is 3. The van der Waals surface area contributed by atoms with E-state index < -0.39 is 0 Å². The molecule has 0 aliphatic carbocycles. The van der Waals surface area contributed by atoms with Gasteiger partial charge in [0.15, 0.2) is 5.69 Å². The molecule has 0 saturated carbocycles. The summed E-state index contributed by atoms with van der Waals surface area (Å²) in [4.78, 5) is 4.29. The Morgan fingerprint density at radius 2 is 2.36 bits per heavy atom. The van der Waals surface area contributed by atoms with E-state index >= 15 is 0 Å². The summed E-state index contributed by atoms with van der Waals surface area (Å²) in [6.07, 6.45) is 1.95. The molecule has 0 saturated heterocycles. The predicted molar refractivity (Wildman–Crippen MR) is 50.6 cm³/mol. The average molecular weight is 192 g/mol. The zero-order valence-corrected chi connectivity index (χ0v) is 8.24. The van der Waals surface area contributed by atoms with Gasteiger partial charge in [0.25, 0.3) is 0 Å². The van der Waals surface area contributed by atoms with Crippen LogP contribution in [-0.2, 0) is 6.42 Å². The molecule has 0 unspecified atom stereocenters. The van der Waals surface area contributed by atoms with Crippen molar-refractivity contribution in [2.24, 2.45) is 0 Å². The van der Waals surface area contributed by atoms with Gasteiger partial charge in [-0.15, -0.1) is 0 Å². The van der Waals surface area contributed by atoms with Crippen molar-refractivity contribution in [2.75, 3.05) is 0 Å². The van der Waals surface area contributed by atoms with Crippen molar-refractivity contribution in [2.45, 2.75) is 26.7 Å². The summed E-state index contributed by atoms with van der Waals surface area (Å²) in [7, 11) is 0. The first-order chi connectivity index (χ1) is 6.79. The van der Waals surface area contributed by atoms with E-state index in [1.54, 1.807) is 0 Å². The van der Waals surface area contributed by atoms with E-state index in [0.717, 1.165) is 24.4 Å². The van der Waals surface area contributed by atoms with Crippen LogP contribution < -0.4 is 0 Å². The van der Waals surface area contributed by atoms with E-state index in [1.807, 2.05) is 13.0 Å². The van der Waals surface area contributed by atoms with Crippen LogP contribution in [0.5, 0.6) is 0 Å². The van der Waals surface area contributed by atoms with Crippen LogP contribution in [-0.4, -0.2) is 20.3 Å². The zero-order chi connectivity index (χ0) is 9.97. The number of nitrogens with one attached hydrogen (secondary N) is 1. The van der Waals surface area contributed by atoms with Crippen molar-refractivity contribution >= 4 is 0 Å². The molecule has 0 aliphatic rings. The molecule has 2 rings (SSSR count). The minimum atomic E-state index is 0.602. The van der Waals surface area contributed by atoms with E-state index in [-0.39, 0.29) is 0 Å². The Hall–Kier alpha value is -1.65. The van der Waals surface area contributed by atoms with Crippen molar-refractivity contribution < 1.29 is 4.52 Å². The molecule has 2 aromatic rings. The molecule has 5 heteroatoms. The van der Waals surface area contributed by atoms with Gasteiger partial charge in [0.05, 0.1) is 0 Å². The SMILES string of the molecule is CCCc1nc(-c2cc(C)on2)n[nH]1. The fourth-order valence-corrected chi connectivity index (χ4v) is 1.23. The summed E-state index contributed by atoms with van der Waals surface area (Å²) in [5, 5.41) is 10.8. The second-order valence-corrected chi connectivity index (χ2v) is 3.18. The monoisotopic (exact) mass is 192 g/mol. The topological polar surface area (TPSA) is 67.6 Å². The maximum Gasteiger partial charge on any atom is 0.203 e. The van der Waals surface area contributed by atoms with E-state index in [0.29, 0.717) is 11.5 Å². The number of hydrogen-bond donors (Lipinski definition) is 1. The van der Waals surface area contributed by atoms with E-state index in [9.17, 15) is 0 Å². The number of rotatable bonds is 3. The molecule has 0 atom stereocenters. The number of hydrogen-bond acceptors (Lipinski definition) is 4. The van der Waals surface area contributed by atoms with Crippen molar-refractivity contribution in [1.29, 1.82) is 0 Å². The highest BCUT2D eigenvalue weighted by Gasteiger charge is 2.09. The highest BCUT2D eigenvalue weighted by Crippen LogP contribution is 2.14. The van der Waals surface area contributed by atoms with Gasteiger partial charge in [-0.05, 0) is 13.3 Å². The van der Waals surface area contributed by atoms with Crippen LogP contribution in [0.1, 0.15) is 24.9 Å². The van der Waals surface area contributed by atoms with E-state index in [1.165, 1.54) is 0 Å². The van der Waals surface area contributed by atoms with Crippen LogP contribution in [0.15, 0.2) is 10.6 Å². The van der Waals surface area contributed by atoms with Gasteiger partial charge in [-0.1, -0.05) is 12.1 Å². The van der Waals surface area contributed by atoms with E-state index in [4.69, 9.17) is 4.52 Å². The second kappa shape index (κ2) is 3.61. The van der Waals surface area contributed by atoms with Crippen molar-refractivity contribution in [3.8, 4) is 11.5 Å². The first-order valence-electron chi connectivity index (χ1n) is 4.64. The Kier molecular flexibility index (Phi) is 2.30. The molecule has 14 heavy (non-hydrogen) atoms. The summed E-state index contributed by atoms with van der Waals surface area (Å²) < 4.78 is 4.94. The molecule has 0 radical (unpaired) electrons. The van der Waals surface area contributed by atoms with Crippen LogP contribution in [0.3, 0.4) is 0 Å². The molecule has 74 valence electrons. The molecule has 0 amide bonds. The van der Waals surface area contributed by atoms with Crippen LogP contribution in [0.4, 0.5) is 0 Å². The van der Waals surface area contributed by atoms with Gasteiger partial charge < -0.3 is 4.52 Å². The van der Waals surface area contributed by atoms with Crippen molar-refractivity contribution in [3.63, 3.8) is 0 Å². The third-order valence-electron chi connectivity index (χ3n) is 1.88. The molecule has 0 fully saturated rings. The number of aromatic amines is 1. The van der Waals surface area contributed by atoms with Crippen LogP contribution in [0, 0.1) is 6.92 Å². The molecule has 0 aliphatic heterocycles. The van der Waals surface area contributed by atoms with Gasteiger partial charge in [-0.2, -0.15) is 5.10 Å². The fourth-order valence-electron chi connectivity index (χ4n) is 1.23. The lowest BCUT2D eigenvalue weighted by atomic mass is 10.3. The summed E-state index contributed by atoms with van der Waals surface area (Å²) in [6, 6.07) is 1.82. The third-order valence-corrected chi connectivity index (χ3v) is 1.88. The quantitative estimate of drug-likeness (QED) is 0.804. The van der Waals surface area contributed by atoms with Crippen LogP contribution in [0.2, 0.25) is 0 Å². The normalized spacial score (nSPS) is 10.7. The average Bonchev–Trinajstić information content (AvgIpc) is 2.74. The fraction of sp³-hybridized carbons (Fsp3) is 0.444. The molecule has 5 nitrogen and oxygen atoms in total. The smallest absolute Gasteiger partial charge is 0.203 e. The van der Waals surface area contributed by atoms with Crippen molar-refractivity contribution in [1.82, 2.24) is 20.3 Å². The Balaban J connectivity index is 2.24. The molecule has 2 heterocycles. The van der Waals surface area contributed by atoms with E-state index in [2.05, 4.69) is 27.3 Å². The molecule has 1 N–H and O–H groups in total. The lowest BCUT2D eigenvalue weighted by Crippen LogP contribution is -1.85. The molecule has 0 aromatic carbocycles. The lowest BCUT2D eigenvalue weighted by Gasteiger charge is -1.85.